The first-order chi connectivity index (χ1) is 9.69. The van der Waals surface area contributed by atoms with Crippen LogP contribution >= 0.6 is 17.0 Å². The van der Waals surface area contributed by atoms with E-state index in [1.54, 1.807) is 37.5 Å². The number of benzene rings is 1. The Morgan fingerprint density at radius 2 is 2.24 bits per heavy atom. The van der Waals surface area contributed by atoms with Gasteiger partial charge >= 0.3 is 0 Å². The van der Waals surface area contributed by atoms with Gasteiger partial charge in [-0.15, -0.1) is 17.0 Å². The third-order valence-electron chi connectivity index (χ3n) is 2.57. The first-order valence-electron chi connectivity index (χ1n) is 6.01. The normalized spacial score (nSPS) is 10.7. The van der Waals surface area contributed by atoms with Crippen LogP contribution in [0.1, 0.15) is 5.56 Å². The smallest absolute Gasteiger partial charge is 0.188 e. The Morgan fingerprint density at radius 1 is 1.43 bits per heavy atom. The molecule has 0 atom stereocenters. The van der Waals surface area contributed by atoms with Gasteiger partial charge in [-0.2, -0.15) is 0 Å². The van der Waals surface area contributed by atoms with Gasteiger partial charge in [-0.1, -0.05) is 6.07 Å². The highest BCUT2D eigenvalue weighted by atomic mass is 79.9. The van der Waals surface area contributed by atoms with Crippen molar-refractivity contribution in [2.24, 2.45) is 10.7 Å². The van der Waals surface area contributed by atoms with Gasteiger partial charge in [-0.3, -0.25) is 9.98 Å². The number of hydrogen-bond acceptors (Lipinski definition) is 3. The van der Waals surface area contributed by atoms with Crippen molar-refractivity contribution in [1.29, 1.82) is 0 Å². The third-order valence-corrected chi connectivity index (χ3v) is 2.57. The molecule has 5 nitrogen and oxygen atoms in total. The van der Waals surface area contributed by atoms with E-state index in [-0.39, 0.29) is 22.7 Å². The lowest BCUT2D eigenvalue weighted by atomic mass is 10.2. The molecular weight excluding hydrogens is 339 g/mol. The van der Waals surface area contributed by atoms with Crippen molar-refractivity contribution in [2.45, 2.75) is 6.54 Å². The molecule has 0 unspecified atom stereocenters. The number of pyridine rings is 1. The Morgan fingerprint density at radius 3 is 2.86 bits per heavy atom. The van der Waals surface area contributed by atoms with Crippen molar-refractivity contribution >= 4 is 22.9 Å². The predicted octanol–water partition coefficient (Wildman–Crippen LogP) is 2.63. The van der Waals surface area contributed by atoms with Crippen LogP contribution in [-0.2, 0) is 6.54 Å². The lowest BCUT2D eigenvalue weighted by Gasteiger charge is -2.09. The monoisotopic (exact) mass is 354 g/mol. The van der Waals surface area contributed by atoms with Crippen molar-refractivity contribution < 1.29 is 9.13 Å². The highest BCUT2D eigenvalue weighted by Crippen LogP contribution is 2.24. The van der Waals surface area contributed by atoms with E-state index in [2.05, 4.69) is 15.3 Å². The number of nitrogens with one attached hydrogen (secondary N) is 1. The number of nitrogens with two attached hydrogens (primary N) is 1. The number of halogens is 2. The molecule has 0 saturated carbocycles. The fourth-order valence-corrected chi connectivity index (χ4v) is 1.54. The molecule has 0 fully saturated rings. The summed E-state index contributed by atoms with van der Waals surface area (Å²) < 4.78 is 19.3. The largest absolute Gasteiger partial charge is 0.453 e. The molecule has 0 aliphatic heterocycles. The Bertz CT molecular complexity index is 607. The Hall–Kier alpha value is -2.15. The minimum absolute atomic E-state index is 0. The van der Waals surface area contributed by atoms with Crippen LogP contribution in [0.15, 0.2) is 47.7 Å². The molecule has 0 amide bonds. The van der Waals surface area contributed by atoms with Crippen LogP contribution in [-0.4, -0.2) is 18.0 Å². The SMILES string of the molecule is Br.CN=C(N)NCc1ccc(Oc2cccnc2)c(F)c1. The maximum Gasteiger partial charge on any atom is 0.188 e. The fourth-order valence-electron chi connectivity index (χ4n) is 1.54. The molecule has 1 heterocycles. The number of guanidine groups is 1. The summed E-state index contributed by atoms with van der Waals surface area (Å²) in [5.41, 5.74) is 6.25. The van der Waals surface area contributed by atoms with Gasteiger partial charge in [0.2, 0.25) is 0 Å². The molecule has 0 saturated heterocycles. The number of ether oxygens (including phenoxy) is 1. The van der Waals surface area contributed by atoms with E-state index < -0.39 is 5.82 Å². The lowest BCUT2D eigenvalue weighted by molar-refractivity contribution is 0.440. The molecular formula is C14H16BrFN4O. The minimum Gasteiger partial charge on any atom is -0.453 e. The Kier molecular flexibility index (Phi) is 6.61. The van der Waals surface area contributed by atoms with Crippen molar-refractivity contribution in [3.63, 3.8) is 0 Å². The topological polar surface area (TPSA) is 72.5 Å². The Balaban J connectivity index is 0.00000220. The average Bonchev–Trinajstić information content (AvgIpc) is 2.48. The minimum atomic E-state index is -0.444. The van der Waals surface area contributed by atoms with Gasteiger partial charge in [-0.25, -0.2) is 4.39 Å². The average molecular weight is 355 g/mol. The molecule has 0 bridgehead atoms. The molecule has 1 aromatic carbocycles. The summed E-state index contributed by atoms with van der Waals surface area (Å²) >= 11 is 0. The second kappa shape index (κ2) is 8.21. The maximum atomic E-state index is 13.9. The first-order valence-corrected chi connectivity index (χ1v) is 6.01. The molecule has 0 spiro atoms. The highest BCUT2D eigenvalue weighted by Gasteiger charge is 2.06. The summed E-state index contributed by atoms with van der Waals surface area (Å²) in [4.78, 5) is 7.66. The molecule has 2 rings (SSSR count). The van der Waals surface area contributed by atoms with Crippen LogP contribution in [0.2, 0.25) is 0 Å². The molecule has 1 aromatic heterocycles. The molecule has 112 valence electrons. The summed E-state index contributed by atoms with van der Waals surface area (Å²) in [5, 5.41) is 2.86. The predicted molar refractivity (Wildman–Crippen MR) is 85.4 cm³/mol. The number of aromatic nitrogens is 1. The van der Waals surface area contributed by atoms with Crippen LogP contribution in [0.4, 0.5) is 4.39 Å². The van der Waals surface area contributed by atoms with E-state index in [1.807, 2.05) is 0 Å². The number of rotatable bonds is 4. The summed E-state index contributed by atoms with van der Waals surface area (Å²) in [6.07, 6.45) is 3.14. The van der Waals surface area contributed by atoms with Crippen molar-refractivity contribution in [2.75, 3.05) is 7.05 Å². The van der Waals surface area contributed by atoms with Gasteiger partial charge in [0.15, 0.2) is 17.5 Å². The van der Waals surface area contributed by atoms with E-state index in [4.69, 9.17) is 10.5 Å². The standard InChI is InChI=1S/C14H15FN4O.BrH/c1-17-14(16)19-8-10-4-5-13(12(15)7-10)20-11-3-2-6-18-9-11;/h2-7,9H,8H2,1H3,(H3,16,17,19);1H. The van der Waals surface area contributed by atoms with Gasteiger partial charge < -0.3 is 15.8 Å². The number of nitrogens with zero attached hydrogens (tertiary/aromatic N) is 2. The number of hydrogen-bond donors (Lipinski definition) is 2. The lowest BCUT2D eigenvalue weighted by Crippen LogP contribution is -2.30. The Labute approximate surface area is 132 Å². The molecule has 0 aliphatic rings. The van der Waals surface area contributed by atoms with Gasteiger partial charge in [0.05, 0.1) is 6.20 Å². The van der Waals surface area contributed by atoms with Gasteiger partial charge in [0.25, 0.3) is 0 Å². The van der Waals surface area contributed by atoms with Gasteiger partial charge in [0, 0.05) is 19.8 Å². The van der Waals surface area contributed by atoms with Crippen molar-refractivity contribution in [3.05, 3.63) is 54.1 Å². The summed E-state index contributed by atoms with van der Waals surface area (Å²) in [6.45, 7) is 0.396. The fraction of sp³-hybridized carbons (Fsp3) is 0.143. The molecule has 0 aliphatic carbocycles. The van der Waals surface area contributed by atoms with Crippen LogP contribution in [0.5, 0.6) is 11.5 Å². The van der Waals surface area contributed by atoms with Crippen LogP contribution < -0.4 is 15.8 Å². The van der Waals surface area contributed by atoms with E-state index in [0.717, 1.165) is 5.56 Å². The molecule has 3 N–H and O–H groups in total. The highest BCUT2D eigenvalue weighted by molar-refractivity contribution is 8.93. The molecule has 21 heavy (non-hydrogen) atoms. The van der Waals surface area contributed by atoms with Gasteiger partial charge in [0.1, 0.15) is 5.75 Å². The van der Waals surface area contributed by atoms with E-state index in [9.17, 15) is 4.39 Å². The zero-order valence-electron chi connectivity index (χ0n) is 11.4. The van der Waals surface area contributed by atoms with Crippen LogP contribution in [0, 0.1) is 5.82 Å². The maximum absolute atomic E-state index is 13.9. The molecule has 0 radical (unpaired) electrons. The van der Waals surface area contributed by atoms with Crippen LogP contribution in [0.25, 0.3) is 0 Å². The summed E-state index contributed by atoms with van der Waals surface area (Å²) in [7, 11) is 1.58. The first kappa shape index (κ1) is 16.9. The van der Waals surface area contributed by atoms with Gasteiger partial charge in [-0.05, 0) is 29.8 Å². The number of aliphatic imine (C=N–C) groups is 1. The molecule has 7 heteroatoms. The van der Waals surface area contributed by atoms with Crippen molar-refractivity contribution in [3.8, 4) is 11.5 Å². The van der Waals surface area contributed by atoms with E-state index in [1.165, 1.54) is 12.3 Å². The van der Waals surface area contributed by atoms with Crippen LogP contribution in [0.3, 0.4) is 0 Å². The molecule has 2 aromatic rings. The second-order valence-electron chi connectivity index (χ2n) is 4.02. The zero-order valence-corrected chi connectivity index (χ0v) is 13.1. The summed E-state index contributed by atoms with van der Waals surface area (Å²) in [5.74, 6) is 0.500. The second-order valence-corrected chi connectivity index (χ2v) is 4.02. The summed E-state index contributed by atoms with van der Waals surface area (Å²) in [6, 6.07) is 8.14. The van der Waals surface area contributed by atoms with Crippen molar-refractivity contribution in [1.82, 2.24) is 10.3 Å². The van der Waals surface area contributed by atoms with E-state index >= 15 is 0 Å². The zero-order chi connectivity index (χ0) is 14.4. The third kappa shape index (κ3) is 5.03. The van der Waals surface area contributed by atoms with E-state index in [0.29, 0.717) is 18.3 Å². The quantitative estimate of drug-likeness (QED) is 0.653.